The largest absolute Gasteiger partial charge is 0.378 e. The lowest BCUT2D eigenvalue weighted by Crippen LogP contribution is -2.42. The maximum Gasteiger partial charge on any atom is 0.264 e. The van der Waals surface area contributed by atoms with Crippen molar-refractivity contribution in [1.82, 2.24) is 9.88 Å². The lowest BCUT2D eigenvalue weighted by atomic mass is 10.1. The predicted molar refractivity (Wildman–Crippen MR) is 97.0 cm³/mol. The third kappa shape index (κ3) is 3.60. The number of ether oxygens (including phenoxy) is 1. The number of hydrogen-bond acceptors (Lipinski definition) is 5. The highest BCUT2D eigenvalue weighted by atomic mass is 32.1. The zero-order valence-corrected chi connectivity index (χ0v) is 15.4. The van der Waals surface area contributed by atoms with Crippen molar-refractivity contribution in [2.75, 3.05) is 38.7 Å². The maximum atomic E-state index is 12.7. The van der Waals surface area contributed by atoms with Gasteiger partial charge in [-0.1, -0.05) is 0 Å². The SMILES string of the molecule is Cc1cc(N(C)C)cc([C@H]2CN(C(=O)c3ccc(C)s3)CCO2)n1. The Bertz CT molecular complexity index is 742. The Kier molecular flexibility index (Phi) is 4.87. The summed E-state index contributed by atoms with van der Waals surface area (Å²) < 4.78 is 5.90. The van der Waals surface area contributed by atoms with Crippen LogP contribution in [0.5, 0.6) is 0 Å². The Morgan fingerprint density at radius 1 is 1.33 bits per heavy atom. The monoisotopic (exact) mass is 345 g/mol. The molecule has 1 saturated heterocycles. The van der Waals surface area contributed by atoms with Gasteiger partial charge >= 0.3 is 0 Å². The summed E-state index contributed by atoms with van der Waals surface area (Å²) in [6, 6.07) is 7.98. The van der Waals surface area contributed by atoms with Crippen molar-refractivity contribution in [1.29, 1.82) is 0 Å². The van der Waals surface area contributed by atoms with Crippen molar-refractivity contribution < 1.29 is 9.53 Å². The number of thiophene rings is 1. The van der Waals surface area contributed by atoms with Crippen LogP contribution in [0.3, 0.4) is 0 Å². The lowest BCUT2D eigenvalue weighted by Gasteiger charge is -2.33. The summed E-state index contributed by atoms with van der Waals surface area (Å²) in [5.41, 5.74) is 2.94. The van der Waals surface area contributed by atoms with Crippen LogP contribution in [-0.4, -0.2) is 49.6 Å². The summed E-state index contributed by atoms with van der Waals surface area (Å²) >= 11 is 1.54. The van der Waals surface area contributed by atoms with Crippen LogP contribution in [0.15, 0.2) is 24.3 Å². The summed E-state index contributed by atoms with van der Waals surface area (Å²) in [6.45, 7) is 5.70. The number of aromatic nitrogens is 1. The van der Waals surface area contributed by atoms with E-state index in [1.54, 1.807) is 11.3 Å². The number of amides is 1. The zero-order valence-electron chi connectivity index (χ0n) is 14.6. The van der Waals surface area contributed by atoms with E-state index >= 15 is 0 Å². The predicted octanol–water partition coefficient (Wildman–Crippen LogP) is 3.04. The van der Waals surface area contributed by atoms with Gasteiger partial charge in [-0.05, 0) is 38.1 Å². The van der Waals surface area contributed by atoms with Crippen LogP contribution in [0.4, 0.5) is 5.69 Å². The Hall–Kier alpha value is -1.92. The number of pyridine rings is 1. The van der Waals surface area contributed by atoms with E-state index in [-0.39, 0.29) is 12.0 Å². The van der Waals surface area contributed by atoms with Crippen molar-refractivity contribution in [3.8, 4) is 0 Å². The molecular formula is C18H23N3O2S. The van der Waals surface area contributed by atoms with Crippen molar-refractivity contribution in [3.05, 3.63) is 45.4 Å². The third-order valence-corrected chi connectivity index (χ3v) is 5.10. The highest BCUT2D eigenvalue weighted by molar-refractivity contribution is 7.13. The molecule has 0 unspecified atom stereocenters. The second-order valence-corrected chi connectivity index (χ2v) is 7.59. The molecular weight excluding hydrogens is 322 g/mol. The summed E-state index contributed by atoms with van der Waals surface area (Å²) in [4.78, 5) is 23.2. The van der Waals surface area contributed by atoms with Gasteiger partial charge in [-0.15, -0.1) is 11.3 Å². The quantitative estimate of drug-likeness (QED) is 0.858. The second-order valence-electron chi connectivity index (χ2n) is 6.31. The van der Waals surface area contributed by atoms with Crippen molar-refractivity contribution in [3.63, 3.8) is 0 Å². The van der Waals surface area contributed by atoms with E-state index in [1.165, 1.54) is 0 Å². The van der Waals surface area contributed by atoms with Crippen LogP contribution in [0.25, 0.3) is 0 Å². The smallest absolute Gasteiger partial charge is 0.264 e. The van der Waals surface area contributed by atoms with Gasteiger partial charge in [0, 0.05) is 36.9 Å². The Balaban J connectivity index is 1.79. The van der Waals surface area contributed by atoms with Crippen LogP contribution in [0.1, 0.15) is 32.0 Å². The molecule has 0 aliphatic carbocycles. The van der Waals surface area contributed by atoms with Crippen LogP contribution in [0.2, 0.25) is 0 Å². The van der Waals surface area contributed by atoms with Gasteiger partial charge in [-0.25, -0.2) is 0 Å². The van der Waals surface area contributed by atoms with Crippen LogP contribution in [-0.2, 0) is 4.74 Å². The number of nitrogens with zero attached hydrogens (tertiary/aromatic N) is 3. The molecule has 1 atom stereocenters. The molecule has 1 aliphatic heterocycles. The number of rotatable bonds is 3. The molecule has 128 valence electrons. The molecule has 0 N–H and O–H groups in total. The fraction of sp³-hybridized carbons (Fsp3) is 0.444. The molecule has 5 nitrogen and oxygen atoms in total. The minimum Gasteiger partial charge on any atom is -0.378 e. The van der Waals surface area contributed by atoms with Gasteiger partial charge in [0.25, 0.3) is 5.91 Å². The average molecular weight is 345 g/mol. The first-order valence-corrected chi connectivity index (χ1v) is 8.89. The molecule has 2 aromatic rings. The van der Waals surface area contributed by atoms with E-state index in [1.807, 2.05) is 57.1 Å². The summed E-state index contributed by atoms with van der Waals surface area (Å²) in [5.74, 6) is 0.0851. The van der Waals surface area contributed by atoms with E-state index in [4.69, 9.17) is 4.74 Å². The number of carbonyl (C=O) groups is 1. The maximum absolute atomic E-state index is 12.7. The van der Waals surface area contributed by atoms with E-state index in [0.717, 1.165) is 26.8 Å². The van der Waals surface area contributed by atoms with Gasteiger partial charge in [-0.3, -0.25) is 9.78 Å². The minimum absolute atomic E-state index is 0.0851. The van der Waals surface area contributed by atoms with Gasteiger partial charge in [0.2, 0.25) is 0 Å². The molecule has 24 heavy (non-hydrogen) atoms. The highest BCUT2D eigenvalue weighted by Gasteiger charge is 2.28. The van der Waals surface area contributed by atoms with Crippen molar-refractivity contribution >= 4 is 22.9 Å². The van der Waals surface area contributed by atoms with Crippen LogP contribution < -0.4 is 4.90 Å². The first-order chi connectivity index (χ1) is 11.4. The molecule has 1 fully saturated rings. The molecule has 3 heterocycles. The van der Waals surface area contributed by atoms with E-state index in [2.05, 4.69) is 9.88 Å². The summed E-state index contributed by atoms with van der Waals surface area (Å²) in [6.07, 6.45) is -0.178. The van der Waals surface area contributed by atoms with Crippen LogP contribution in [0, 0.1) is 13.8 Å². The molecule has 0 spiro atoms. The van der Waals surface area contributed by atoms with Gasteiger partial charge in [0.05, 0.1) is 23.7 Å². The fourth-order valence-electron chi connectivity index (χ4n) is 2.82. The lowest BCUT2D eigenvalue weighted by molar-refractivity contribution is -0.0246. The van der Waals surface area contributed by atoms with E-state index in [9.17, 15) is 4.79 Å². The molecule has 0 aromatic carbocycles. The van der Waals surface area contributed by atoms with E-state index < -0.39 is 0 Å². The Labute approximate surface area is 146 Å². The molecule has 0 saturated carbocycles. The number of carbonyl (C=O) groups excluding carboxylic acids is 1. The fourth-order valence-corrected chi connectivity index (χ4v) is 3.65. The zero-order chi connectivity index (χ0) is 17.3. The molecule has 0 bridgehead atoms. The van der Waals surface area contributed by atoms with Gasteiger partial charge in [-0.2, -0.15) is 0 Å². The standard InChI is InChI=1S/C18H23N3O2S/c1-12-9-14(20(3)4)10-15(19-12)16-11-21(7-8-23-16)18(22)17-6-5-13(2)24-17/h5-6,9-10,16H,7-8,11H2,1-4H3/t16-/m1/s1. The normalized spacial score (nSPS) is 17.8. The minimum atomic E-state index is -0.178. The topological polar surface area (TPSA) is 45.7 Å². The average Bonchev–Trinajstić information content (AvgIpc) is 3.00. The molecule has 0 radical (unpaired) electrons. The highest BCUT2D eigenvalue weighted by Crippen LogP contribution is 2.26. The molecule has 1 aliphatic rings. The number of morpholine rings is 1. The van der Waals surface area contributed by atoms with Gasteiger partial charge in [0.1, 0.15) is 6.10 Å². The molecule has 2 aromatic heterocycles. The summed E-state index contributed by atoms with van der Waals surface area (Å²) in [5, 5.41) is 0. The van der Waals surface area contributed by atoms with Crippen LogP contribution >= 0.6 is 11.3 Å². The second kappa shape index (κ2) is 6.91. The Morgan fingerprint density at radius 2 is 2.12 bits per heavy atom. The molecule has 1 amide bonds. The summed E-state index contributed by atoms with van der Waals surface area (Å²) in [7, 11) is 4.02. The van der Waals surface area contributed by atoms with Gasteiger partial charge in [0.15, 0.2) is 0 Å². The first kappa shape index (κ1) is 16.9. The number of aryl methyl sites for hydroxylation is 2. The molecule has 6 heteroatoms. The Morgan fingerprint density at radius 3 is 2.79 bits per heavy atom. The number of anilines is 1. The third-order valence-electron chi connectivity index (χ3n) is 4.11. The van der Waals surface area contributed by atoms with Crippen molar-refractivity contribution in [2.24, 2.45) is 0 Å². The first-order valence-electron chi connectivity index (χ1n) is 8.07. The molecule has 3 rings (SSSR count). The van der Waals surface area contributed by atoms with Crippen molar-refractivity contribution in [2.45, 2.75) is 20.0 Å². The van der Waals surface area contributed by atoms with Gasteiger partial charge < -0.3 is 14.5 Å². The van der Waals surface area contributed by atoms with E-state index in [0.29, 0.717) is 19.7 Å². The number of hydrogen-bond donors (Lipinski definition) is 0.